The Morgan fingerprint density at radius 2 is 1.95 bits per heavy atom. The van der Waals surface area contributed by atoms with Crippen LogP contribution in [0.4, 0.5) is 4.39 Å². The van der Waals surface area contributed by atoms with Gasteiger partial charge in [0.05, 0.1) is 5.69 Å². The fraction of sp³-hybridized carbons (Fsp3) is 0. The molecule has 104 valence electrons. The Morgan fingerprint density at radius 1 is 1.14 bits per heavy atom. The number of hydrogen-bond acceptors (Lipinski definition) is 5. The van der Waals surface area contributed by atoms with Crippen LogP contribution in [0.2, 0.25) is 0 Å². The Morgan fingerprint density at radius 3 is 2.71 bits per heavy atom. The summed E-state index contributed by atoms with van der Waals surface area (Å²) in [6.07, 6.45) is 0.613. The van der Waals surface area contributed by atoms with Crippen molar-refractivity contribution in [3.8, 4) is 5.69 Å². The van der Waals surface area contributed by atoms with Gasteiger partial charge in [-0.15, -0.1) is 5.10 Å². The summed E-state index contributed by atoms with van der Waals surface area (Å²) in [7, 11) is 0. The smallest absolute Gasteiger partial charge is 0.218 e. The van der Waals surface area contributed by atoms with Crippen LogP contribution >= 0.6 is 11.8 Å². The van der Waals surface area contributed by atoms with Crippen molar-refractivity contribution in [3.63, 3.8) is 0 Å². The molecule has 0 aliphatic heterocycles. The lowest BCUT2D eigenvalue weighted by atomic mass is 10.2. The maximum Gasteiger partial charge on any atom is 0.218 e. The fourth-order valence-electron chi connectivity index (χ4n) is 1.78. The molecular weight excluding hydrogens is 291 g/mol. The van der Waals surface area contributed by atoms with Crippen LogP contribution in [-0.4, -0.2) is 26.5 Å². The Hall–Kier alpha value is -2.54. The van der Waals surface area contributed by atoms with Gasteiger partial charge in [-0.1, -0.05) is 18.2 Å². The molecule has 7 heteroatoms. The first-order chi connectivity index (χ1) is 10.3. The average molecular weight is 300 g/mol. The van der Waals surface area contributed by atoms with Crippen LogP contribution in [0.15, 0.2) is 58.6 Å². The molecule has 3 aromatic rings. The lowest BCUT2D eigenvalue weighted by Gasteiger charge is -2.05. The van der Waals surface area contributed by atoms with Gasteiger partial charge >= 0.3 is 0 Å². The van der Waals surface area contributed by atoms with Gasteiger partial charge in [-0.2, -0.15) is 4.68 Å². The third kappa shape index (κ3) is 2.82. The maximum absolute atomic E-state index is 13.1. The van der Waals surface area contributed by atoms with Gasteiger partial charge in [0.1, 0.15) is 5.82 Å². The number of halogens is 1. The van der Waals surface area contributed by atoms with Crippen molar-refractivity contribution in [2.45, 2.75) is 10.1 Å². The fourth-order valence-corrected chi connectivity index (χ4v) is 2.64. The number of aldehydes is 1. The van der Waals surface area contributed by atoms with E-state index in [0.29, 0.717) is 16.3 Å². The molecule has 0 unspecified atom stereocenters. The van der Waals surface area contributed by atoms with Crippen LogP contribution in [0.5, 0.6) is 0 Å². The highest BCUT2D eigenvalue weighted by atomic mass is 32.2. The molecule has 0 radical (unpaired) electrons. The number of aromatic nitrogens is 4. The van der Waals surface area contributed by atoms with Crippen molar-refractivity contribution in [1.29, 1.82) is 0 Å². The Labute approximate surface area is 123 Å². The third-order valence-corrected chi connectivity index (χ3v) is 3.77. The zero-order valence-corrected chi connectivity index (χ0v) is 11.5. The standard InChI is InChI=1S/C14H9FN4OS/c15-11-6-7-13(10(8-11)9-20)21-14-16-17-18-19(14)12-4-2-1-3-5-12/h1-9H. The zero-order valence-electron chi connectivity index (χ0n) is 10.7. The summed E-state index contributed by atoms with van der Waals surface area (Å²) in [4.78, 5) is 11.6. The van der Waals surface area contributed by atoms with E-state index in [1.165, 1.54) is 30.0 Å². The molecule has 1 aromatic heterocycles. The number of para-hydroxylation sites is 1. The minimum atomic E-state index is -0.455. The number of benzene rings is 2. The van der Waals surface area contributed by atoms with Crippen molar-refractivity contribution in [1.82, 2.24) is 20.2 Å². The van der Waals surface area contributed by atoms with Gasteiger partial charge < -0.3 is 0 Å². The zero-order chi connectivity index (χ0) is 14.7. The van der Waals surface area contributed by atoms with Gasteiger partial charge in [-0.05, 0) is 52.5 Å². The second-order valence-corrected chi connectivity index (χ2v) is 5.12. The largest absolute Gasteiger partial charge is 0.298 e. The van der Waals surface area contributed by atoms with Gasteiger partial charge in [-0.3, -0.25) is 4.79 Å². The highest BCUT2D eigenvalue weighted by Crippen LogP contribution is 2.29. The quantitative estimate of drug-likeness (QED) is 0.693. The number of hydrogen-bond donors (Lipinski definition) is 0. The molecule has 0 fully saturated rings. The van der Waals surface area contributed by atoms with E-state index in [0.717, 1.165) is 5.69 Å². The first-order valence-corrected chi connectivity index (χ1v) is 6.86. The molecule has 5 nitrogen and oxygen atoms in total. The molecular formula is C14H9FN4OS. The van der Waals surface area contributed by atoms with Crippen molar-refractivity contribution in [3.05, 3.63) is 59.9 Å². The summed E-state index contributed by atoms with van der Waals surface area (Å²) in [5.74, 6) is -0.455. The summed E-state index contributed by atoms with van der Waals surface area (Å²) in [5, 5.41) is 12.0. The van der Waals surface area contributed by atoms with Gasteiger partial charge in [0.25, 0.3) is 0 Å². The molecule has 0 saturated carbocycles. The topological polar surface area (TPSA) is 60.7 Å². The Bertz CT molecular complexity index is 776. The molecule has 21 heavy (non-hydrogen) atoms. The minimum absolute atomic E-state index is 0.266. The minimum Gasteiger partial charge on any atom is -0.298 e. The summed E-state index contributed by atoms with van der Waals surface area (Å²) in [6, 6.07) is 13.4. The normalized spacial score (nSPS) is 10.5. The molecule has 2 aromatic carbocycles. The molecule has 0 spiro atoms. The molecule has 0 N–H and O–H groups in total. The van der Waals surface area contributed by atoms with E-state index in [4.69, 9.17) is 0 Å². The van der Waals surface area contributed by atoms with E-state index in [2.05, 4.69) is 15.5 Å². The molecule has 0 aliphatic carbocycles. The van der Waals surface area contributed by atoms with Gasteiger partial charge in [0.15, 0.2) is 6.29 Å². The molecule has 1 heterocycles. The number of tetrazole rings is 1. The molecule has 0 atom stereocenters. The Balaban J connectivity index is 1.97. The lowest BCUT2D eigenvalue weighted by molar-refractivity contribution is 0.112. The monoisotopic (exact) mass is 300 g/mol. The van der Waals surface area contributed by atoms with Crippen molar-refractivity contribution in [2.75, 3.05) is 0 Å². The number of carbonyl (C=O) groups is 1. The lowest BCUT2D eigenvalue weighted by Crippen LogP contribution is -1.99. The number of rotatable bonds is 4. The molecule has 0 aliphatic rings. The van der Waals surface area contributed by atoms with E-state index in [1.807, 2.05) is 30.3 Å². The van der Waals surface area contributed by atoms with Crippen LogP contribution in [0.25, 0.3) is 5.69 Å². The van der Waals surface area contributed by atoms with Gasteiger partial charge in [-0.25, -0.2) is 4.39 Å². The number of nitrogens with zero attached hydrogens (tertiary/aromatic N) is 4. The molecule has 3 rings (SSSR count). The van der Waals surface area contributed by atoms with Crippen LogP contribution < -0.4 is 0 Å². The van der Waals surface area contributed by atoms with E-state index in [1.54, 1.807) is 4.68 Å². The van der Waals surface area contributed by atoms with Crippen LogP contribution in [0.3, 0.4) is 0 Å². The van der Waals surface area contributed by atoms with Crippen molar-refractivity contribution in [2.24, 2.45) is 0 Å². The SMILES string of the molecule is O=Cc1cc(F)ccc1Sc1nnnn1-c1ccccc1. The summed E-state index contributed by atoms with van der Waals surface area (Å²) in [6.45, 7) is 0. The number of carbonyl (C=O) groups excluding carboxylic acids is 1. The molecule has 0 bridgehead atoms. The Kier molecular flexibility index (Phi) is 3.74. The van der Waals surface area contributed by atoms with E-state index in [9.17, 15) is 9.18 Å². The average Bonchev–Trinajstić information content (AvgIpc) is 2.98. The first kappa shape index (κ1) is 13.4. The van der Waals surface area contributed by atoms with Crippen molar-refractivity contribution >= 4 is 18.0 Å². The summed E-state index contributed by atoms with van der Waals surface area (Å²) >= 11 is 1.20. The second kappa shape index (κ2) is 5.84. The summed E-state index contributed by atoms with van der Waals surface area (Å²) in [5.41, 5.74) is 1.07. The predicted molar refractivity (Wildman–Crippen MR) is 75.1 cm³/mol. The van der Waals surface area contributed by atoms with Gasteiger partial charge in [0.2, 0.25) is 5.16 Å². The van der Waals surface area contributed by atoms with E-state index in [-0.39, 0.29) is 5.56 Å². The van der Waals surface area contributed by atoms with E-state index < -0.39 is 5.82 Å². The van der Waals surface area contributed by atoms with Gasteiger partial charge in [0, 0.05) is 10.5 Å². The highest BCUT2D eigenvalue weighted by Gasteiger charge is 2.12. The van der Waals surface area contributed by atoms with Crippen LogP contribution in [-0.2, 0) is 0 Å². The third-order valence-electron chi connectivity index (χ3n) is 2.74. The summed E-state index contributed by atoms with van der Waals surface area (Å²) < 4.78 is 14.7. The highest BCUT2D eigenvalue weighted by molar-refractivity contribution is 7.99. The maximum atomic E-state index is 13.1. The predicted octanol–water partition coefficient (Wildman–Crippen LogP) is 2.77. The van der Waals surface area contributed by atoms with Crippen LogP contribution in [0, 0.1) is 5.82 Å². The molecule has 0 saturated heterocycles. The second-order valence-electron chi connectivity index (χ2n) is 4.11. The van der Waals surface area contributed by atoms with E-state index >= 15 is 0 Å². The van der Waals surface area contributed by atoms with Crippen LogP contribution in [0.1, 0.15) is 10.4 Å². The van der Waals surface area contributed by atoms with Crippen molar-refractivity contribution < 1.29 is 9.18 Å². The first-order valence-electron chi connectivity index (χ1n) is 6.04. The molecule has 0 amide bonds.